The fourth-order valence-electron chi connectivity index (χ4n) is 3.91. The number of hydrogen-bond donors (Lipinski definition) is 2. The average Bonchev–Trinajstić information content (AvgIpc) is 2.87. The van der Waals surface area contributed by atoms with Gasteiger partial charge in [-0.05, 0) is 50.1 Å². The summed E-state index contributed by atoms with van der Waals surface area (Å²) in [5.74, 6) is 11.8. The predicted molar refractivity (Wildman–Crippen MR) is 146 cm³/mol. The summed E-state index contributed by atoms with van der Waals surface area (Å²) in [6.07, 6.45) is 15.1. The fraction of sp³-hybridized carbons (Fsp3) is 0.375. The van der Waals surface area contributed by atoms with E-state index in [1.54, 1.807) is 19.1 Å². The summed E-state index contributed by atoms with van der Waals surface area (Å²) in [6, 6.07) is 6.08. The molecule has 0 aromatic heterocycles. The van der Waals surface area contributed by atoms with Crippen LogP contribution in [-0.4, -0.2) is 28.8 Å². The standard InChI is InChI=1S/C32H34O5/c1-5-8-9-10-11-12-13-14-18-37-30-22-24(7-3)23(4)19-27(30)17-16-26-21-28(31(33)34)25(15-6-2)20-29(26)32(35)36/h3,19-22H,5,8-14,18H2,1-2,4H3,(H,33,34)(H,35,36). The fourth-order valence-corrected chi connectivity index (χ4v) is 3.91. The van der Waals surface area contributed by atoms with Gasteiger partial charge >= 0.3 is 11.9 Å². The highest BCUT2D eigenvalue weighted by Crippen LogP contribution is 2.24. The molecule has 0 saturated carbocycles. The Morgan fingerprint density at radius 3 is 1.86 bits per heavy atom. The van der Waals surface area contributed by atoms with E-state index in [0.717, 1.165) is 18.4 Å². The van der Waals surface area contributed by atoms with Crippen molar-refractivity contribution in [2.75, 3.05) is 6.61 Å². The highest BCUT2D eigenvalue weighted by Gasteiger charge is 2.17. The topological polar surface area (TPSA) is 83.8 Å². The normalized spacial score (nSPS) is 9.89. The average molecular weight is 499 g/mol. The van der Waals surface area contributed by atoms with E-state index in [9.17, 15) is 19.8 Å². The molecule has 0 amide bonds. The van der Waals surface area contributed by atoms with Crippen molar-refractivity contribution in [3.63, 3.8) is 0 Å². The lowest BCUT2D eigenvalue weighted by atomic mass is 9.98. The van der Waals surface area contributed by atoms with E-state index >= 15 is 0 Å². The van der Waals surface area contributed by atoms with Gasteiger partial charge in [-0.25, -0.2) is 9.59 Å². The molecule has 5 heteroatoms. The van der Waals surface area contributed by atoms with Gasteiger partial charge in [0.15, 0.2) is 0 Å². The van der Waals surface area contributed by atoms with Crippen LogP contribution >= 0.6 is 0 Å². The molecule has 0 atom stereocenters. The number of aryl methyl sites for hydroxylation is 1. The highest BCUT2D eigenvalue weighted by molar-refractivity contribution is 5.96. The van der Waals surface area contributed by atoms with E-state index in [0.29, 0.717) is 23.5 Å². The Labute approximate surface area is 220 Å². The third-order valence-electron chi connectivity index (χ3n) is 5.95. The van der Waals surface area contributed by atoms with Crippen LogP contribution in [0.25, 0.3) is 0 Å². The summed E-state index contributed by atoms with van der Waals surface area (Å²) < 4.78 is 6.03. The Kier molecular flexibility index (Phi) is 11.9. The molecule has 0 fully saturated rings. The number of carbonyl (C=O) groups is 2. The van der Waals surface area contributed by atoms with Crippen LogP contribution in [-0.2, 0) is 0 Å². The number of unbranched alkanes of at least 4 members (excludes halogenated alkanes) is 7. The molecule has 5 nitrogen and oxygen atoms in total. The zero-order chi connectivity index (χ0) is 27.2. The number of terminal acetylenes is 1. The first-order valence-corrected chi connectivity index (χ1v) is 12.7. The van der Waals surface area contributed by atoms with E-state index in [1.807, 2.05) is 6.92 Å². The van der Waals surface area contributed by atoms with Gasteiger partial charge in [0.25, 0.3) is 0 Å². The molecular formula is C32H34O5. The Morgan fingerprint density at radius 1 is 0.784 bits per heavy atom. The first-order valence-electron chi connectivity index (χ1n) is 12.7. The van der Waals surface area contributed by atoms with Gasteiger partial charge in [0.05, 0.1) is 23.3 Å². The van der Waals surface area contributed by atoms with Crippen molar-refractivity contribution in [1.82, 2.24) is 0 Å². The van der Waals surface area contributed by atoms with E-state index in [-0.39, 0.29) is 22.3 Å². The van der Waals surface area contributed by atoms with Gasteiger partial charge in [0.1, 0.15) is 5.75 Å². The smallest absolute Gasteiger partial charge is 0.337 e. The molecule has 0 bridgehead atoms. The molecule has 192 valence electrons. The molecule has 0 unspecified atom stereocenters. The van der Waals surface area contributed by atoms with E-state index in [2.05, 4.69) is 36.5 Å². The number of rotatable bonds is 12. The summed E-state index contributed by atoms with van der Waals surface area (Å²) in [5, 5.41) is 19.3. The molecule has 0 radical (unpaired) electrons. The molecule has 0 aliphatic heterocycles. The number of ether oxygens (including phenoxy) is 1. The lowest BCUT2D eigenvalue weighted by Crippen LogP contribution is -2.07. The first-order chi connectivity index (χ1) is 17.8. The van der Waals surface area contributed by atoms with Crippen LogP contribution in [0.5, 0.6) is 5.75 Å². The van der Waals surface area contributed by atoms with Crippen LogP contribution in [0.1, 0.15) is 114 Å². The number of benzene rings is 2. The number of carboxylic acids is 2. The molecule has 0 heterocycles. The van der Waals surface area contributed by atoms with E-state index in [1.165, 1.54) is 50.7 Å². The zero-order valence-electron chi connectivity index (χ0n) is 21.9. The Bertz CT molecular complexity index is 1290. The number of hydrogen-bond acceptors (Lipinski definition) is 3. The minimum absolute atomic E-state index is 0.0826. The van der Waals surface area contributed by atoms with Crippen molar-refractivity contribution < 1.29 is 24.5 Å². The van der Waals surface area contributed by atoms with Crippen molar-refractivity contribution in [3.05, 3.63) is 63.2 Å². The summed E-state index contributed by atoms with van der Waals surface area (Å²) in [6.45, 7) is 6.15. The Balaban J connectivity index is 2.30. The predicted octanol–water partition coefficient (Wildman–Crippen LogP) is 6.66. The second-order valence-electron chi connectivity index (χ2n) is 8.81. The van der Waals surface area contributed by atoms with Crippen molar-refractivity contribution in [3.8, 4) is 41.8 Å². The summed E-state index contributed by atoms with van der Waals surface area (Å²) in [4.78, 5) is 23.6. The summed E-state index contributed by atoms with van der Waals surface area (Å²) in [7, 11) is 0. The highest BCUT2D eigenvalue weighted by atomic mass is 16.5. The SMILES string of the molecule is C#Cc1cc(OCCCCCCCCCC)c(C#Cc2cc(C(=O)O)c(C#CC)cc2C(=O)O)cc1C. The number of carboxylic acid groups (broad SMARTS) is 2. The lowest BCUT2D eigenvalue weighted by Gasteiger charge is -2.11. The van der Waals surface area contributed by atoms with Gasteiger partial charge in [-0.1, -0.05) is 75.6 Å². The summed E-state index contributed by atoms with van der Waals surface area (Å²) in [5.41, 5.74) is 2.08. The van der Waals surface area contributed by atoms with Crippen molar-refractivity contribution >= 4 is 11.9 Å². The van der Waals surface area contributed by atoms with Gasteiger partial charge in [-0.15, -0.1) is 12.3 Å². The molecular weight excluding hydrogens is 464 g/mol. The van der Waals surface area contributed by atoms with Crippen molar-refractivity contribution in [2.24, 2.45) is 0 Å². The third-order valence-corrected chi connectivity index (χ3v) is 5.95. The van der Waals surface area contributed by atoms with Gasteiger partial charge in [-0.2, -0.15) is 0 Å². The summed E-state index contributed by atoms with van der Waals surface area (Å²) >= 11 is 0. The maximum atomic E-state index is 11.9. The lowest BCUT2D eigenvalue weighted by molar-refractivity contribution is 0.0680. The zero-order valence-corrected chi connectivity index (χ0v) is 21.9. The molecule has 37 heavy (non-hydrogen) atoms. The minimum Gasteiger partial charge on any atom is -0.492 e. The molecule has 2 aromatic rings. The van der Waals surface area contributed by atoms with Crippen LogP contribution in [0, 0.1) is 42.9 Å². The quantitative estimate of drug-likeness (QED) is 0.252. The molecule has 0 spiro atoms. The third kappa shape index (κ3) is 8.79. The molecule has 0 aliphatic rings. The minimum atomic E-state index is -1.22. The molecule has 2 rings (SSSR count). The van der Waals surface area contributed by atoms with E-state index < -0.39 is 11.9 Å². The van der Waals surface area contributed by atoms with Crippen molar-refractivity contribution in [2.45, 2.75) is 72.1 Å². The van der Waals surface area contributed by atoms with Crippen LogP contribution < -0.4 is 4.74 Å². The van der Waals surface area contributed by atoms with E-state index in [4.69, 9.17) is 11.2 Å². The molecule has 2 aromatic carbocycles. The van der Waals surface area contributed by atoms with Crippen LogP contribution in [0.4, 0.5) is 0 Å². The van der Waals surface area contributed by atoms with Gasteiger partial charge in [-0.3, -0.25) is 0 Å². The second kappa shape index (κ2) is 15.1. The molecule has 0 saturated heterocycles. The maximum Gasteiger partial charge on any atom is 0.337 e. The van der Waals surface area contributed by atoms with Gasteiger partial charge < -0.3 is 14.9 Å². The van der Waals surface area contributed by atoms with Crippen LogP contribution in [0.3, 0.4) is 0 Å². The van der Waals surface area contributed by atoms with Crippen LogP contribution in [0.2, 0.25) is 0 Å². The van der Waals surface area contributed by atoms with Crippen LogP contribution in [0.15, 0.2) is 24.3 Å². The first kappa shape index (κ1) is 29.1. The van der Waals surface area contributed by atoms with Gasteiger partial charge in [0, 0.05) is 16.7 Å². The van der Waals surface area contributed by atoms with Crippen molar-refractivity contribution in [1.29, 1.82) is 0 Å². The molecule has 2 N–H and O–H groups in total. The maximum absolute atomic E-state index is 11.9. The Morgan fingerprint density at radius 2 is 1.32 bits per heavy atom. The monoisotopic (exact) mass is 498 g/mol. The van der Waals surface area contributed by atoms with Gasteiger partial charge in [0.2, 0.25) is 0 Å². The number of aromatic carboxylic acids is 2. The Hall–Kier alpha value is -4.14. The largest absolute Gasteiger partial charge is 0.492 e. The molecule has 0 aliphatic carbocycles. The second-order valence-corrected chi connectivity index (χ2v) is 8.81.